The first-order valence-electron chi connectivity index (χ1n) is 4.70. The molecule has 0 spiro atoms. The quantitative estimate of drug-likeness (QED) is 0.856. The molecule has 94 valence electrons. The van der Waals surface area contributed by atoms with E-state index in [2.05, 4.69) is 10.3 Å². The Kier molecular flexibility index (Phi) is 6.39. The third-order valence-corrected chi connectivity index (χ3v) is 2.68. The van der Waals surface area contributed by atoms with Crippen LogP contribution in [0.25, 0.3) is 5.69 Å². The van der Waals surface area contributed by atoms with Crippen LogP contribution in [0.3, 0.4) is 0 Å². The Labute approximate surface area is 118 Å². The lowest BCUT2D eigenvalue weighted by Gasteiger charge is -2.09. The molecule has 0 radical (unpaired) electrons. The minimum atomic E-state index is 0. The summed E-state index contributed by atoms with van der Waals surface area (Å²) in [6.07, 6.45) is 3.74. The second-order valence-corrected chi connectivity index (χ2v) is 3.67. The number of nitrogens with one attached hydrogen (secondary N) is 1. The highest BCUT2D eigenvalue weighted by atomic mass is 35.5. The van der Waals surface area contributed by atoms with Crippen LogP contribution in [-0.2, 0) is 0 Å². The Bertz CT molecular complexity index is 483. The van der Waals surface area contributed by atoms with Crippen molar-refractivity contribution in [3.63, 3.8) is 0 Å². The molecule has 0 aliphatic carbocycles. The molecular formula is C11H14Cl3N3. The van der Waals surface area contributed by atoms with Crippen molar-refractivity contribution >= 4 is 42.2 Å². The molecule has 0 aliphatic rings. The maximum atomic E-state index is 5.88. The first kappa shape index (κ1) is 16.1. The van der Waals surface area contributed by atoms with Crippen LogP contribution in [0.1, 0.15) is 5.56 Å². The zero-order valence-electron chi connectivity index (χ0n) is 9.48. The summed E-state index contributed by atoms with van der Waals surface area (Å²) in [5.41, 5.74) is 1.98. The molecule has 2 rings (SSSR count). The molecule has 0 amide bonds. The molecular weight excluding hydrogens is 281 g/mol. The summed E-state index contributed by atoms with van der Waals surface area (Å²) in [6.45, 7) is 1.95. The van der Waals surface area contributed by atoms with Gasteiger partial charge in [0.2, 0.25) is 0 Å². The number of nitrogens with zero attached hydrogens (tertiary/aromatic N) is 2. The SMILES string of the molecule is CNc1cccn1-c1cnc(Cl)c(C)c1.Cl.Cl. The van der Waals surface area contributed by atoms with Crippen LogP contribution in [0.5, 0.6) is 0 Å². The van der Waals surface area contributed by atoms with Gasteiger partial charge in [0.25, 0.3) is 0 Å². The maximum absolute atomic E-state index is 5.88. The van der Waals surface area contributed by atoms with Crippen molar-refractivity contribution in [3.05, 3.63) is 41.3 Å². The molecule has 17 heavy (non-hydrogen) atoms. The van der Waals surface area contributed by atoms with Gasteiger partial charge in [-0.3, -0.25) is 0 Å². The van der Waals surface area contributed by atoms with Gasteiger partial charge in [0.15, 0.2) is 0 Å². The summed E-state index contributed by atoms with van der Waals surface area (Å²) >= 11 is 5.88. The summed E-state index contributed by atoms with van der Waals surface area (Å²) in [5, 5.41) is 3.66. The van der Waals surface area contributed by atoms with E-state index in [1.165, 1.54) is 0 Å². The smallest absolute Gasteiger partial charge is 0.132 e. The van der Waals surface area contributed by atoms with Gasteiger partial charge in [0.05, 0.1) is 11.9 Å². The van der Waals surface area contributed by atoms with Crippen LogP contribution in [0.15, 0.2) is 30.6 Å². The van der Waals surface area contributed by atoms with Gasteiger partial charge in [-0.25, -0.2) is 4.98 Å². The van der Waals surface area contributed by atoms with Crippen molar-refractivity contribution in [1.29, 1.82) is 0 Å². The molecule has 0 fully saturated rings. The fraction of sp³-hybridized carbons (Fsp3) is 0.182. The minimum absolute atomic E-state index is 0. The molecule has 2 aromatic rings. The number of anilines is 1. The second-order valence-electron chi connectivity index (χ2n) is 3.31. The highest BCUT2D eigenvalue weighted by Crippen LogP contribution is 2.19. The van der Waals surface area contributed by atoms with Crippen molar-refractivity contribution in [1.82, 2.24) is 9.55 Å². The number of pyridine rings is 1. The molecule has 0 bridgehead atoms. The molecule has 0 unspecified atom stereocenters. The van der Waals surface area contributed by atoms with Gasteiger partial charge in [-0.05, 0) is 30.7 Å². The number of aromatic nitrogens is 2. The molecule has 0 saturated heterocycles. The molecule has 0 atom stereocenters. The highest BCUT2D eigenvalue weighted by Gasteiger charge is 2.03. The van der Waals surface area contributed by atoms with E-state index >= 15 is 0 Å². The zero-order valence-corrected chi connectivity index (χ0v) is 11.9. The van der Waals surface area contributed by atoms with Gasteiger partial charge in [-0.2, -0.15) is 0 Å². The number of halogens is 3. The Morgan fingerprint density at radius 2 is 2.06 bits per heavy atom. The average Bonchev–Trinajstić information content (AvgIpc) is 2.70. The van der Waals surface area contributed by atoms with Gasteiger partial charge >= 0.3 is 0 Å². The van der Waals surface area contributed by atoms with Gasteiger partial charge < -0.3 is 9.88 Å². The van der Waals surface area contributed by atoms with E-state index in [0.717, 1.165) is 17.1 Å². The Hall–Kier alpha value is -0.900. The Morgan fingerprint density at radius 3 is 2.65 bits per heavy atom. The van der Waals surface area contributed by atoms with Crippen LogP contribution in [-0.4, -0.2) is 16.6 Å². The van der Waals surface area contributed by atoms with Gasteiger partial charge in [-0.15, -0.1) is 24.8 Å². The average molecular weight is 295 g/mol. The lowest BCUT2D eigenvalue weighted by atomic mass is 10.3. The molecule has 0 aromatic carbocycles. The molecule has 2 aromatic heterocycles. The van der Waals surface area contributed by atoms with Gasteiger partial charge in [-0.1, -0.05) is 11.6 Å². The number of hydrogen-bond acceptors (Lipinski definition) is 2. The predicted molar refractivity (Wildman–Crippen MR) is 77.4 cm³/mol. The molecule has 1 N–H and O–H groups in total. The first-order chi connectivity index (χ1) is 7.22. The third kappa shape index (κ3) is 3.28. The van der Waals surface area contributed by atoms with E-state index in [0.29, 0.717) is 5.15 Å². The summed E-state index contributed by atoms with van der Waals surface area (Å²) in [5.74, 6) is 1.03. The highest BCUT2D eigenvalue weighted by molar-refractivity contribution is 6.30. The Morgan fingerprint density at radius 1 is 1.35 bits per heavy atom. The predicted octanol–water partition coefficient (Wildman–Crippen LogP) is 3.72. The number of aryl methyl sites for hydroxylation is 1. The van der Waals surface area contributed by atoms with Crippen molar-refractivity contribution in [3.8, 4) is 5.69 Å². The molecule has 0 saturated carbocycles. The normalized spacial score (nSPS) is 9.12. The maximum Gasteiger partial charge on any atom is 0.132 e. The van der Waals surface area contributed by atoms with Crippen molar-refractivity contribution in [2.24, 2.45) is 0 Å². The summed E-state index contributed by atoms with van der Waals surface area (Å²) in [6, 6.07) is 6.00. The first-order valence-corrected chi connectivity index (χ1v) is 5.08. The van der Waals surface area contributed by atoms with E-state index in [1.807, 2.05) is 42.9 Å². The van der Waals surface area contributed by atoms with E-state index in [9.17, 15) is 0 Å². The number of rotatable bonds is 2. The van der Waals surface area contributed by atoms with Gasteiger partial charge in [0, 0.05) is 13.2 Å². The van der Waals surface area contributed by atoms with E-state index in [4.69, 9.17) is 11.6 Å². The number of hydrogen-bond donors (Lipinski definition) is 1. The molecule has 6 heteroatoms. The van der Waals surface area contributed by atoms with Crippen LogP contribution in [0.4, 0.5) is 5.82 Å². The van der Waals surface area contributed by atoms with E-state index < -0.39 is 0 Å². The summed E-state index contributed by atoms with van der Waals surface area (Å²) in [7, 11) is 1.89. The van der Waals surface area contributed by atoms with Crippen molar-refractivity contribution in [2.45, 2.75) is 6.92 Å². The van der Waals surface area contributed by atoms with Crippen molar-refractivity contribution in [2.75, 3.05) is 12.4 Å². The second kappa shape index (κ2) is 6.74. The fourth-order valence-corrected chi connectivity index (χ4v) is 1.59. The Balaban J connectivity index is 0.00000128. The van der Waals surface area contributed by atoms with Crippen LogP contribution in [0, 0.1) is 6.92 Å². The van der Waals surface area contributed by atoms with Crippen LogP contribution >= 0.6 is 36.4 Å². The summed E-state index contributed by atoms with van der Waals surface area (Å²) < 4.78 is 2.02. The van der Waals surface area contributed by atoms with Crippen molar-refractivity contribution < 1.29 is 0 Å². The van der Waals surface area contributed by atoms with Gasteiger partial charge in [0.1, 0.15) is 11.0 Å². The zero-order chi connectivity index (χ0) is 10.8. The monoisotopic (exact) mass is 293 g/mol. The lowest BCUT2D eigenvalue weighted by Crippen LogP contribution is -2.00. The van der Waals surface area contributed by atoms with Crippen LogP contribution in [0.2, 0.25) is 5.15 Å². The molecule has 3 nitrogen and oxygen atoms in total. The topological polar surface area (TPSA) is 29.9 Å². The fourth-order valence-electron chi connectivity index (χ4n) is 1.48. The molecule has 2 heterocycles. The third-order valence-electron chi connectivity index (χ3n) is 2.28. The molecule has 0 aliphatic heterocycles. The largest absolute Gasteiger partial charge is 0.374 e. The summed E-state index contributed by atoms with van der Waals surface area (Å²) in [4.78, 5) is 4.13. The van der Waals surface area contributed by atoms with E-state index in [-0.39, 0.29) is 24.8 Å². The lowest BCUT2D eigenvalue weighted by molar-refractivity contribution is 1.05. The van der Waals surface area contributed by atoms with Crippen LogP contribution < -0.4 is 5.32 Å². The van der Waals surface area contributed by atoms with E-state index in [1.54, 1.807) is 6.20 Å². The standard InChI is InChI=1S/C11H12ClN3.2ClH/c1-8-6-9(7-14-11(8)12)15-5-3-4-10(15)13-2;;/h3-7,13H,1-2H3;2*1H. The minimum Gasteiger partial charge on any atom is -0.374 e.